The first kappa shape index (κ1) is 16.9. The van der Waals surface area contributed by atoms with Gasteiger partial charge in [-0.05, 0) is 31.0 Å². The number of halogens is 1. The van der Waals surface area contributed by atoms with E-state index in [4.69, 9.17) is 21.1 Å². The van der Waals surface area contributed by atoms with E-state index in [1.54, 1.807) is 7.11 Å². The molecule has 20 heavy (non-hydrogen) atoms. The van der Waals surface area contributed by atoms with Crippen molar-refractivity contribution < 1.29 is 9.47 Å². The molecule has 0 saturated heterocycles. The van der Waals surface area contributed by atoms with Crippen LogP contribution in [0, 0.1) is 5.92 Å². The molecule has 0 saturated carbocycles. The third-order valence-electron chi connectivity index (χ3n) is 2.78. The quantitative estimate of drug-likeness (QED) is 0.788. The Bertz CT molecular complexity index is 444. The second-order valence-corrected chi connectivity index (χ2v) is 5.44. The van der Waals surface area contributed by atoms with Crippen LogP contribution in [-0.4, -0.2) is 20.3 Å². The molecule has 0 amide bonds. The molecule has 0 aliphatic heterocycles. The van der Waals surface area contributed by atoms with Gasteiger partial charge in [0.05, 0.1) is 7.11 Å². The number of hydrogen-bond donors (Lipinski definition) is 1. The Morgan fingerprint density at radius 3 is 2.75 bits per heavy atom. The summed E-state index contributed by atoms with van der Waals surface area (Å²) in [4.78, 5) is 0. The van der Waals surface area contributed by atoms with Gasteiger partial charge in [-0.2, -0.15) is 0 Å². The van der Waals surface area contributed by atoms with Gasteiger partial charge in [-0.15, -0.1) is 0 Å². The van der Waals surface area contributed by atoms with Gasteiger partial charge in [0.15, 0.2) is 11.5 Å². The van der Waals surface area contributed by atoms with E-state index in [0.29, 0.717) is 12.5 Å². The number of benzene rings is 1. The van der Waals surface area contributed by atoms with E-state index < -0.39 is 0 Å². The van der Waals surface area contributed by atoms with Gasteiger partial charge in [-0.25, -0.2) is 0 Å². The van der Waals surface area contributed by atoms with Gasteiger partial charge in [-0.3, -0.25) is 0 Å². The number of ether oxygens (including phenoxy) is 2. The van der Waals surface area contributed by atoms with E-state index in [1.807, 2.05) is 25.1 Å². The summed E-state index contributed by atoms with van der Waals surface area (Å²) in [6.45, 7) is 8.49. The maximum absolute atomic E-state index is 5.85. The van der Waals surface area contributed by atoms with Crippen molar-refractivity contribution in [2.75, 3.05) is 20.3 Å². The average Bonchev–Trinajstić information content (AvgIpc) is 2.44. The highest BCUT2D eigenvalue weighted by atomic mass is 35.5. The van der Waals surface area contributed by atoms with Gasteiger partial charge in [0.2, 0.25) is 0 Å². The van der Waals surface area contributed by atoms with Crippen molar-refractivity contribution in [3.05, 3.63) is 34.9 Å². The second kappa shape index (κ2) is 8.88. The second-order valence-electron chi connectivity index (χ2n) is 5.22. The molecule has 1 aromatic carbocycles. The largest absolute Gasteiger partial charge is 0.493 e. The van der Waals surface area contributed by atoms with Crippen LogP contribution >= 0.6 is 11.6 Å². The molecule has 1 aromatic rings. The maximum Gasteiger partial charge on any atom is 0.166 e. The Morgan fingerprint density at radius 1 is 1.40 bits per heavy atom. The van der Waals surface area contributed by atoms with E-state index in [-0.39, 0.29) is 0 Å². The molecule has 0 aliphatic rings. The van der Waals surface area contributed by atoms with Crippen LogP contribution in [0.25, 0.3) is 0 Å². The zero-order valence-electron chi connectivity index (χ0n) is 12.7. The molecule has 1 rings (SSSR count). The fourth-order valence-corrected chi connectivity index (χ4v) is 1.80. The molecular weight excluding hydrogens is 274 g/mol. The van der Waals surface area contributed by atoms with Crippen LogP contribution in [0.3, 0.4) is 0 Å². The summed E-state index contributed by atoms with van der Waals surface area (Å²) < 4.78 is 11.2. The van der Waals surface area contributed by atoms with Crippen molar-refractivity contribution in [3.8, 4) is 11.5 Å². The Kier molecular flexibility index (Phi) is 7.48. The predicted octanol–water partition coefficient (Wildman–Crippen LogP) is 3.96. The third kappa shape index (κ3) is 5.43. The molecular formula is C16H24ClNO2. The summed E-state index contributed by atoms with van der Waals surface area (Å²) in [5.74, 6) is 2.15. The number of para-hydroxylation sites is 1. The highest BCUT2D eigenvalue weighted by molar-refractivity contribution is 6.25. The SMILES string of the molecule is COc1cccc(CNCC(C)C)c1OC/C(C)=C/Cl. The van der Waals surface area contributed by atoms with Gasteiger partial charge in [0.25, 0.3) is 0 Å². The average molecular weight is 298 g/mol. The highest BCUT2D eigenvalue weighted by Gasteiger charge is 2.10. The highest BCUT2D eigenvalue weighted by Crippen LogP contribution is 2.31. The monoisotopic (exact) mass is 297 g/mol. The van der Waals surface area contributed by atoms with E-state index >= 15 is 0 Å². The fraction of sp³-hybridized carbons (Fsp3) is 0.500. The molecule has 0 aliphatic carbocycles. The van der Waals surface area contributed by atoms with E-state index in [1.165, 1.54) is 5.54 Å². The molecule has 4 heteroatoms. The first-order chi connectivity index (χ1) is 9.58. The van der Waals surface area contributed by atoms with Gasteiger partial charge >= 0.3 is 0 Å². The molecule has 112 valence electrons. The molecule has 0 aromatic heterocycles. The number of hydrogen-bond acceptors (Lipinski definition) is 3. The lowest BCUT2D eigenvalue weighted by atomic mass is 10.1. The van der Waals surface area contributed by atoms with Gasteiger partial charge in [0.1, 0.15) is 6.61 Å². The predicted molar refractivity (Wildman–Crippen MR) is 84.6 cm³/mol. The molecule has 1 N–H and O–H groups in total. The minimum absolute atomic E-state index is 0.459. The van der Waals surface area contributed by atoms with Crippen molar-refractivity contribution in [3.63, 3.8) is 0 Å². The van der Waals surface area contributed by atoms with Crippen molar-refractivity contribution in [2.45, 2.75) is 27.3 Å². The Hall–Kier alpha value is -1.19. The summed E-state index contributed by atoms with van der Waals surface area (Å²) in [5, 5.41) is 3.42. The number of methoxy groups -OCH3 is 1. The first-order valence-corrected chi connectivity index (χ1v) is 7.27. The summed E-state index contributed by atoms with van der Waals surface area (Å²) >= 11 is 5.66. The van der Waals surface area contributed by atoms with Crippen LogP contribution in [0.4, 0.5) is 0 Å². The number of rotatable bonds is 8. The van der Waals surface area contributed by atoms with Gasteiger partial charge in [0, 0.05) is 17.6 Å². The van der Waals surface area contributed by atoms with Crippen molar-refractivity contribution in [2.24, 2.45) is 5.92 Å². The van der Waals surface area contributed by atoms with Crippen LogP contribution in [0.2, 0.25) is 0 Å². The first-order valence-electron chi connectivity index (χ1n) is 6.83. The summed E-state index contributed by atoms with van der Waals surface area (Å²) in [7, 11) is 1.65. The maximum atomic E-state index is 5.85. The lowest BCUT2D eigenvalue weighted by Crippen LogP contribution is -2.19. The fourth-order valence-electron chi connectivity index (χ4n) is 1.74. The summed E-state index contributed by atoms with van der Waals surface area (Å²) in [5.41, 5.74) is 3.59. The van der Waals surface area contributed by atoms with Crippen molar-refractivity contribution >= 4 is 11.6 Å². The van der Waals surface area contributed by atoms with Crippen LogP contribution < -0.4 is 14.8 Å². The molecule has 0 atom stereocenters. The molecule has 0 bridgehead atoms. The Balaban J connectivity index is 2.81. The third-order valence-corrected chi connectivity index (χ3v) is 3.15. The molecule has 0 heterocycles. The Morgan fingerprint density at radius 2 is 2.15 bits per heavy atom. The molecule has 0 radical (unpaired) electrons. The topological polar surface area (TPSA) is 30.5 Å². The van der Waals surface area contributed by atoms with E-state index in [9.17, 15) is 0 Å². The van der Waals surface area contributed by atoms with Crippen molar-refractivity contribution in [1.82, 2.24) is 5.32 Å². The van der Waals surface area contributed by atoms with Crippen LogP contribution in [0.1, 0.15) is 26.3 Å². The van der Waals surface area contributed by atoms with Crippen LogP contribution in [0.15, 0.2) is 29.3 Å². The van der Waals surface area contributed by atoms with Gasteiger partial charge in [-0.1, -0.05) is 37.6 Å². The molecule has 3 nitrogen and oxygen atoms in total. The van der Waals surface area contributed by atoms with Gasteiger partial charge < -0.3 is 14.8 Å². The van der Waals surface area contributed by atoms with Crippen LogP contribution in [0.5, 0.6) is 11.5 Å². The minimum Gasteiger partial charge on any atom is -0.493 e. The normalized spacial score (nSPS) is 11.8. The lowest BCUT2D eigenvalue weighted by Gasteiger charge is -2.16. The lowest BCUT2D eigenvalue weighted by molar-refractivity contribution is 0.315. The minimum atomic E-state index is 0.459. The summed E-state index contributed by atoms with van der Waals surface area (Å²) in [6.07, 6.45) is 0. The zero-order valence-corrected chi connectivity index (χ0v) is 13.5. The smallest absolute Gasteiger partial charge is 0.166 e. The Labute approximate surface area is 126 Å². The molecule has 0 fully saturated rings. The van der Waals surface area contributed by atoms with E-state index in [2.05, 4.69) is 19.2 Å². The van der Waals surface area contributed by atoms with Crippen LogP contribution in [-0.2, 0) is 6.54 Å². The zero-order chi connectivity index (χ0) is 15.0. The van der Waals surface area contributed by atoms with Crippen molar-refractivity contribution in [1.29, 1.82) is 0 Å². The molecule has 0 unspecified atom stereocenters. The summed E-state index contributed by atoms with van der Waals surface area (Å²) in [6, 6.07) is 5.92. The van der Waals surface area contributed by atoms with E-state index in [0.717, 1.165) is 35.7 Å². The standard InChI is InChI=1S/C16H24ClNO2/c1-12(2)9-18-10-14-6-5-7-15(19-4)16(14)20-11-13(3)8-17/h5-8,12,18H,9-11H2,1-4H3/b13-8+. The molecule has 0 spiro atoms. The number of nitrogens with one attached hydrogen (secondary N) is 1.